The van der Waals surface area contributed by atoms with E-state index in [-0.39, 0.29) is 24.0 Å². The lowest BCUT2D eigenvalue weighted by molar-refractivity contribution is 0.122. The molecule has 0 amide bonds. The van der Waals surface area contributed by atoms with Crippen LogP contribution in [0.25, 0.3) is 0 Å². The minimum Gasteiger partial charge on any atom is -0.356 e. The molecule has 178 valence electrons. The number of unbranched alkanes of at least 4 members (excludes halogenated alkanes) is 1. The normalized spacial score (nSPS) is 19.5. The summed E-state index contributed by atoms with van der Waals surface area (Å²) in [6.45, 7) is 7.52. The average molecular weight is 574 g/mol. The molecule has 1 aromatic heterocycles. The molecule has 0 aliphatic carbocycles. The summed E-state index contributed by atoms with van der Waals surface area (Å²) in [5, 5.41) is 16.2. The average Bonchev–Trinajstić information content (AvgIpc) is 3.07. The van der Waals surface area contributed by atoms with Crippen molar-refractivity contribution in [2.24, 2.45) is 18.0 Å². The highest BCUT2D eigenvalue weighted by Gasteiger charge is 2.30. The van der Waals surface area contributed by atoms with Crippen LogP contribution in [0.15, 0.2) is 29.3 Å². The van der Waals surface area contributed by atoms with Crippen LogP contribution in [-0.4, -0.2) is 52.3 Å². The van der Waals surface area contributed by atoms with Gasteiger partial charge in [0.15, 0.2) is 11.8 Å². The van der Waals surface area contributed by atoms with Crippen LogP contribution in [0.3, 0.4) is 0 Å². The zero-order chi connectivity index (χ0) is 22.2. The molecule has 32 heavy (non-hydrogen) atoms. The molecule has 9 heteroatoms. The van der Waals surface area contributed by atoms with Crippen molar-refractivity contribution in [3.05, 3.63) is 46.5 Å². The van der Waals surface area contributed by atoms with Gasteiger partial charge in [0.2, 0.25) is 0 Å². The van der Waals surface area contributed by atoms with Crippen molar-refractivity contribution < 1.29 is 0 Å². The number of aromatic nitrogens is 3. The third kappa shape index (κ3) is 7.31. The Bertz CT molecular complexity index is 870. The van der Waals surface area contributed by atoms with E-state index in [9.17, 15) is 0 Å². The summed E-state index contributed by atoms with van der Waals surface area (Å²) in [7, 11) is 4.19. The van der Waals surface area contributed by atoms with E-state index in [1.807, 2.05) is 30.7 Å². The van der Waals surface area contributed by atoms with Gasteiger partial charge in [-0.15, -0.1) is 34.2 Å². The standard InChI is InChI=1S/C23H36ClN7.HI/c1-5-6-12-25-23(27-16-21-29-28-17(2)31(21)4)26-15-19-10-8-13-30(3)22(19)18-9-7-11-20(24)14-18;/h7,9,11,14,19,22H,5-6,8,10,12-13,15-16H2,1-4H3,(H2,25,26,27);1H. The maximum absolute atomic E-state index is 6.30. The Morgan fingerprint density at radius 3 is 2.75 bits per heavy atom. The summed E-state index contributed by atoms with van der Waals surface area (Å²) in [5.41, 5.74) is 1.29. The summed E-state index contributed by atoms with van der Waals surface area (Å²) in [5.74, 6) is 3.08. The van der Waals surface area contributed by atoms with Crippen LogP contribution in [0.5, 0.6) is 0 Å². The molecule has 7 nitrogen and oxygen atoms in total. The van der Waals surface area contributed by atoms with Crippen molar-refractivity contribution in [3.63, 3.8) is 0 Å². The van der Waals surface area contributed by atoms with Gasteiger partial charge in [-0.25, -0.2) is 4.99 Å². The second kappa shape index (κ2) is 13.3. The number of nitrogens with one attached hydrogen (secondary N) is 2. The van der Waals surface area contributed by atoms with Crippen LogP contribution in [0.1, 0.15) is 55.9 Å². The Morgan fingerprint density at radius 1 is 1.25 bits per heavy atom. The zero-order valence-electron chi connectivity index (χ0n) is 19.6. The fraction of sp³-hybridized carbons (Fsp3) is 0.609. The Balaban J connectivity index is 0.00000363. The van der Waals surface area contributed by atoms with Crippen LogP contribution in [0.4, 0.5) is 0 Å². The van der Waals surface area contributed by atoms with Crippen LogP contribution >= 0.6 is 35.6 Å². The van der Waals surface area contributed by atoms with Gasteiger partial charge in [-0.1, -0.05) is 37.1 Å². The van der Waals surface area contributed by atoms with E-state index < -0.39 is 0 Å². The Kier molecular flexibility index (Phi) is 11.2. The predicted octanol–water partition coefficient (Wildman–Crippen LogP) is 4.31. The number of piperidine rings is 1. The zero-order valence-corrected chi connectivity index (χ0v) is 22.7. The lowest BCUT2D eigenvalue weighted by atomic mass is 9.85. The number of hydrogen-bond donors (Lipinski definition) is 2. The molecular formula is C23H37ClIN7. The molecule has 2 N–H and O–H groups in total. The first-order chi connectivity index (χ1) is 15.0. The largest absolute Gasteiger partial charge is 0.356 e. The number of halogens is 2. The molecule has 1 fully saturated rings. The van der Waals surface area contributed by atoms with Crippen molar-refractivity contribution in [2.45, 2.75) is 52.1 Å². The highest BCUT2D eigenvalue weighted by atomic mass is 127. The summed E-state index contributed by atoms with van der Waals surface area (Å²) >= 11 is 6.30. The molecule has 0 spiro atoms. The highest BCUT2D eigenvalue weighted by molar-refractivity contribution is 14.0. The van der Waals surface area contributed by atoms with Crippen molar-refractivity contribution >= 4 is 41.5 Å². The maximum Gasteiger partial charge on any atom is 0.191 e. The summed E-state index contributed by atoms with van der Waals surface area (Å²) in [6.07, 6.45) is 4.64. The molecule has 1 aliphatic rings. The smallest absolute Gasteiger partial charge is 0.191 e. The molecule has 1 aromatic carbocycles. The maximum atomic E-state index is 6.30. The minimum absolute atomic E-state index is 0. The molecule has 1 saturated heterocycles. The van der Waals surface area contributed by atoms with Gasteiger partial charge < -0.3 is 15.2 Å². The van der Waals surface area contributed by atoms with Crippen LogP contribution in [-0.2, 0) is 13.6 Å². The first-order valence-electron chi connectivity index (χ1n) is 11.3. The number of benzene rings is 1. The van der Waals surface area contributed by atoms with E-state index in [2.05, 4.69) is 51.8 Å². The predicted molar refractivity (Wildman–Crippen MR) is 143 cm³/mol. The number of nitrogens with zero attached hydrogens (tertiary/aromatic N) is 5. The lowest BCUT2D eigenvalue weighted by Gasteiger charge is -2.40. The van der Waals surface area contributed by atoms with E-state index in [1.54, 1.807) is 0 Å². The first kappa shape index (κ1) is 26.9. The third-order valence-corrected chi connectivity index (χ3v) is 6.35. The summed E-state index contributed by atoms with van der Waals surface area (Å²) in [6, 6.07) is 8.63. The number of guanidine groups is 1. The number of likely N-dealkylation sites (tertiary alicyclic amines) is 1. The van der Waals surface area contributed by atoms with Gasteiger partial charge in [-0.3, -0.25) is 4.90 Å². The van der Waals surface area contributed by atoms with Crippen LogP contribution < -0.4 is 10.6 Å². The van der Waals surface area contributed by atoms with E-state index in [0.29, 0.717) is 18.5 Å². The summed E-state index contributed by atoms with van der Waals surface area (Å²) < 4.78 is 1.98. The fourth-order valence-corrected chi connectivity index (χ4v) is 4.41. The number of hydrogen-bond acceptors (Lipinski definition) is 4. The number of rotatable bonds is 8. The van der Waals surface area contributed by atoms with Crippen molar-refractivity contribution in [1.29, 1.82) is 0 Å². The van der Waals surface area contributed by atoms with Crippen LogP contribution in [0.2, 0.25) is 5.02 Å². The summed E-state index contributed by atoms with van der Waals surface area (Å²) in [4.78, 5) is 7.24. The molecule has 2 unspecified atom stereocenters. The topological polar surface area (TPSA) is 70.4 Å². The van der Waals surface area contributed by atoms with Gasteiger partial charge in [0.1, 0.15) is 12.4 Å². The van der Waals surface area contributed by atoms with Gasteiger partial charge in [-0.2, -0.15) is 0 Å². The van der Waals surface area contributed by atoms with Crippen molar-refractivity contribution in [1.82, 2.24) is 30.3 Å². The molecule has 2 atom stereocenters. The first-order valence-corrected chi connectivity index (χ1v) is 11.7. The Morgan fingerprint density at radius 2 is 2.06 bits per heavy atom. The van der Waals surface area contributed by atoms with Gasteiger partial charge in [0, 0.05) is 31.2 Å². The van der Waals surface area contributed by atoms with Gasteiger partial charge in [0.05, 0.1) is 0 Å². The van der Waals surface area contributed by atoms with Gasteiger partial charge >= 0.3 is 0 Å². The Labute approximate surface area is 214 Å². The molecule has 0 saturated carbocycles. The molecule has 2 heterocycles. The SMILES string of the molecule is CCCCNC(=NCc1nnc(C)n1C)NCC1CCCN(C)C1c1cccc(Cl)c1.I. The minimum atomic E-state index is 0. The van der Waals surface area contributed by atoms with Gasteiger partial charge in [0.25, 0.3) is 0 Å². The van der Waals surface area contributed by atoms with E-state index in [1.165, 1.54) is 18.4 Å². The lowest BCUT2D eigenvalue weighted by Crippen LogP contribution is -2.45. The fourth-order valence-electron chi connectivity index (χ4n) is 4.21. The Hall–Kier alpha value is -1.39. The monoisotopic (exact) mass is 573 g/mol. The van der Waals surface area contributed by atoms with E-state index in [0.717, 1.165) is 55.1 Å². The molecule has 2 aromatic rings. The third-order valence-electron chi connectivity index (χ3n) is 6.11. The van der Waals surface area contributed by atoms with E-state index in [4.69, 9.17) is 16.6 Å². The van der Waals surface area contributed by atoms with Gasteiger partial charge in [-0.05, 0) is 63.4 Å². The molecule has 0 bridgehead atoms. The van der Waals surface area contributed by atoms with E-state index >= 15 is 0 Å². The number of aryl methyl sites for hydroxylation is 1. The van der Waals surface area contributed by atoms with Crippen LogP contribution in [0, 0.1) is 12.8 Å². The number of aliphatic imine (C=N–C) groups is 1. The second-order valence-electron chi connectivity index (χ2n) is 8.43. The van der Waals surface area contributed by atoms with Crippen molar-refractivity contribution in [2.75, 3.05) is 26.7 Å². The molecule has 0 radical (unpaired) electrons. The van der Waals surface area contributed by atoms with Crippen molar-refractivity contribution in [3.8, 4) is 0 Å². The molecule has 3 rings (SSSR count). The molecular weight excluding hydrogens is 537 g/mol. The second-order valence-corrected chi connectivity index (χ2v) is 8.87. The quantitative estimate of drug-likeness (QED) is 0.213. The highest BCUT2D eigenvalue weighted by Crippen LogP contribution is 2.35. The molecule has 1 aliphatic heterocycles.